The highest BCUT2D eigenvalue weighted by atomic mass is 16.4. The summed E-state index contributed by atoms with van der Waals surface area (Å²) in [4.78, 5) is 34.7. The first-order chi connectivity index (χ1) is 12.8. The van der Waals surface area contributed by atoms with Gasteiger partial charge in [0.05, 0.1) is 17.7 Å². The van der Waals surface area contributed by atoms with Gasteiger partial charge in [0.15, 0.2) is 0 Å². The molecule has 1 aromatic carbocycles. The zero-order valence-electron chi connectivity index (χ0n) is 15.7. The van der Waals surface area contributed by atoms with Gasteiger partial charge in [-0.1, -0.05) is 19.1 Å². The molecule has 0 saturated heterocycles. The van der Waals surface area contributed by atoms with Gasteiger partial charge in [-0.05, 0) is 38.0 Å². The van der Waals surface area contributed by atoms with Crippen LogP contribution in [0.2, 0.25) is 0 Å². The van der Waals surface area contributed by atoms with E-state index in [1.165, 1.54) is 0 Å². The summed E-state index contributed by atoms with van der Waals surface area (Å²) < 4.78 is 1.84. The molecule has 0 spiro atoms. The third-order valence-electron chi connectivity index (χ3n) is 4.06. The van der Waals surface area contributed by atoms with Crippen molar-refractivity contribution >= 4 is 23.5 Å². The minimum atomic E-state index is -1.09. The van der Waals surface area contributed by atoms with Crippen molar-refractivity contribution in [3.05, 3.63) is 46.8 Å². The Hall–Kier alpha value is -3.16. The number of nitrogens with one attached hydrogen (secondary N) is 2. The summed E-state index contributed by atoms with van der Waals surface area (Å²) in [6.07, 6.45) is 1.01. The van der Waals surface area contributed by atoms with Crippen LogP contribution in [-0.2, 0) is 22.6 Å². The number of nitrogens with zero attached hydrogens (tertiary/aromatic N) is 2. The molecule has 1 heterocycles. The molecular weight excluding hydrogens is 348 g/mol. The highest BCUT2D eigenvalue weighted by molar-refractivity contribution is 6.05. The van der Waals surface area contributed by atoms with Crippen LogP contribution in [0.25, 0.3) is 0 Å². The predicted molar refractivity (Wildman–Crippen MR) is 101 cm³/mol. The number of anilines is 1. The number of carboxylic acids is 1. The Balaban J connectivity index is 2.01. The van der Waals surface area contributed by atoms with Crippen LogP contribution in [0, 0.1) is 13.8 Å². The molecule has 0 radical (unpaired) electrons. The van der Waals surface area contributed by atoms with Gasteiger partial charge in [0, 0.05) is 17.9 Å². The number of amides is 2. The Kier molecular flexibility index (Phi) is 6.70. The number of rotatable bonds is 8. The Morgan fingerprint density at radius 1 is 1.15 bits per heavy atom. The summed E-state index contributed by atoms with van der Waals surface area (Å²) in [7, 11) is 0. The maximum absolute atomic E-state index is 12.6. The first kappa shape index (κ1) is 20.2. The van der Waals surface area contributed by atoms with Crippen LogP contribution in [0.1, 0.15) is 40.7 Å². The van der Waals surface area contributed by atoms with Crippen molar-refractivity contribution in [1.29, 1.82) is 0 Å². The predicted octanol–water partition coefficient (Wildman–Crippen LogP) is 1.91. The number of aromatic nitrogens is 2. The normalized spacial score (nSPS) is 10.5. The summed E-state index contributed by atoms with van der Waals surface area (Å²) in [5.41, 5.74) is 3.42. The molecule has 0 fully saturated rings. The molecule has 144 valence electrons. The second kappa shape index (κ2) is 8.98. The fourth-order valence-electron chi connectivity index (χ4n) is 2.78. The molecule has 3 N–H and O–H groups in total. The number of carboxylic acid groups (broad SMARTS) is 1. The largest absolute Gasteiger partial charge is 0.480 e. The molecule has 0 atom stereocenters. The SMILES string of the molecule is CCCn1nc(C)c(C(=O)Nc2ccc(CC(=O)NCC(=O)O)cc2)c1C. The second-order valence-corrected chi connectivity index (χ2v) is 6.27. The van der Waals surface area contributed by atoms with Crippen LogP contribution in [-0.4, -0.2) is 39.2 Å². The maximum atomic E-state index is 12.6. The first-order valence-electron chi connectivity index (χ1n) is 8.74. The van der Waals surface area contributed by atoms with Crippen LogP contribution < -0.4 is 10.6 Å². The van der Waals surface area contributed by atoms with Crippen molar-refractivity contribution in [1.82, 2.24) is 15.1 Å². The van der Waals surface area contributed by atoms with Gasteiger partial charge in [-0.25, -0.2) is 0 Å². The van der Waals surface area contributed by atoms with Crippen LogP contribution in [0.3, 0.4) is 0 Å². The third kappa shape index (κ3) is 5.40. The molecule has 2 rings (SSSR count). The van der Waals surface area contributed by atoms with E-state index in [4.69, 9.17) is 5.11 Å². The van der Waals surface area contributed by atoms with E-state index in [-0.39, 0.29) is 18.2 Å². The Morgan fingerprint density at radius 3 is 2.41 bits per heavy atom. The maximum Gasteiger partial charge on any atom is 0.322 e. The minimum Gasteiger partial charge on any atom is -0.480 e. The van der Waals surface area contributed by atoms with E-state index in [9.17, 15) is 14.4 Å². The smallest absolute Gasteiger partial charge is 0.322 e. The van der Waals surface area contributed by atoms with Gasteiger partial charge >= 0.3 is 5.97 Å². The molecule has 0 unspecified atom stereocenters. The topological polar surface area (TPSA) is 113 Å². The number of hydrogen-bond acceptors (Lipinski definition) is 4. The average molecular weight is 372 g/mol. The molecule has 2 amide bonds. The van der Waals surface area contributed by atoms with Crippen molar-refractivity contribution in [3.63, 3.8) is 0 Å². The molecular formula is C19H24N4O4. The lowest BCUT2D eigenvalue weighted by Crippen LogP contribution is -2.30. The van der Waals surface area contributed by atoms with Crippen LogP contribution in [0.4, 0.5) is 5.69 Å². The highest BCUT2D eigenvalue weighted by Gasteiger charge is 2.18. The molecule has 2 aromatic rings. The van der Waals surface area contributed by atoms with E-state index in [0.29, 0.717) is 16.9 Å². The Morgan fingerprint density at radius 2 is 1.81 bits per heavy atom. The molecule has 0 aliphatic heterocycles. The number of hydrogen-bond donors (Lipinski definition) is 3. The quantitative estimate of drug-likeness (QED) is 0.655. The van der Waals surface area contributed by atoms with Crippen molar-refractivity contribution in [2.45, 2.75) is 40.2 Å². The number of benzene rings is 1. The van der Waals surface area contributed by atoms with E-state index in [1.54, 1.807) is 24.3 Å². The van der Waals surface area contributed by atoms with Gasteiger partial charge in [0.25, 0.3) is 5.91 Å². The molecule has 0 saturated carbocycles. The van der Waals surface area contributed by atoms with E-state index in [0.717, 1.165) is 24.2 Å². The van der Waals surface area contributed by atoms with Crippen molar-refractivity contribution in [3.8, 4) is 0 Å². The molecule has 0 aliphatic rings. The molecule has 1 aromatic heterocycles. The first-order valence-corrected chi connectivity index (χ1v) is 8.74. The number of carbonyl (C=O) groups is 3. The fraction of sp³-hybridized carbons (Fsp3) is 0.368. The Bertz CT molecular complexity index is 840. The zero-order chi connectivity index (χ0) is 20.0. The summed E-state index contributed by atoms with van der Waals surface area (Å²) >= 11 is 0. The second-order valence-electron chi connectivity index (χ2n) is 6.27. The van der Waals surface area contributed by atoms with E-state index in [1.807, 2.05) is 18.5 Å². The highest BCUT2D eigenvalue weighted by Crippen LogP contribution is 2.17. The molecule has 8 heteroatoms. The number of aryl methyl sites for hydroxylation is 2. The molecule has 8 nitrogen and oxygen atoms in total. The lowest BCUT2D eigenvalue weighted by atomic mass is 10.1. The van der Waals surface area contributed by atoms with E-state index < -0.39 is 12.5 Å². The van der Waals surface area contributed by atoms with Crippen molar-refractivity contribution in [2.75, 3.05) is 11.9 Å². The van der Waals surface area contributed by atoms with Crippen LogP contribution >= 0.6 is 0 Å². The summed E-state index contributed by atoms with van der Waals surface area (Å²) in [6, 6.07) is 6.85. The standard InChI is InChI=1S/C19H24N4O4/c1-4-9-23-13(3)18(12(2)22-23)19(27)21-15-7-5-14(6-8-15)10-16(24)20-11-17(25)26/h5-8H,4,9-11H2,1-3H3,(H,20,24)(H,21,27)(H,25,26). The van der Waals surface area contributed by atoms with Crippen molar-refractivity contribution in [2.24, 2.45) is 0 Å². The summed E-state index contributed by atoms with van der Waals surface area (Å²) in [6.45, 7) is 6.10. The summed E-state index contributed by atoms with van der Waals surface area (Å²) in [5, 5.41) is 18.1. The lowest BCUT2D eigenvalue weighted by molar-refractivity contribution is -0.137. The molecule has 27 heavy (non-hydrogen) atoms. The molecule has 0 aliphatic carbocycles. The van der Waals surface area contributed by atoms with Crippen LogP contribution in [0.15, 0.2) is 24.3 Å². The van der Waals surface area contributed by atoms with Gasteiger partial charge < -0.3 is 15.7 Å². The monoisotopic (exact) mass is 372 g/mol. The van der Waals surface area contributed by atoms with E-state index >= 15 is 0 Å². The number of carbonyl (C=O) groups excluding carboxylic acids is 2. The van der Waals surface area contributed by atoms with E-state index in [2.05, 4.69) is 22.7 Å². The summed E-state index contributed by atoms with van der Waals surface area (Å²) in [5.74, 6) is -1.68. The third-order valence-corrected chi connectivity index (χ3v) is 4.06. The van der Waals surface area contributed by atoms with Crippen LogP contribution in [0.5, 0.6) is 0 Å². The van der Waals surface area contributed by atoms with Gasteiger partial charge in [0.2, 0.25) is 5.91 Å². The minimum absolute atomic E-state index is 0.0729. The lowest BCUT2D eigenvalue weighted by Gasteiger charge is -2.08. The van der Waals surface area contributed by atoms with Gasteiger partial charge in [-0.2, -0.15) is 5.10 Å². The van der Waals surface area contributed by atoms with Crippen molar-refractivity contribution < 1.29 is 19.5 Å². The van der Waals surface area contributed by atoms with Gasteiger partial charge in [-0.15, -0.1) is 0 Å². The average Bonchev–Trinajstić information content (AvgIpc) is 2.89. The fourth-order valence-corrected chi connectivity index (χ4v) is 2.78. The zero-order valence-corrected chi connectivity index (χ0v) is 15.7. The van der Waals surface area contributed by atoms with Gasteiger partial charge in [0.1, 0.15) is 6.54 Å². The van der Waals surface area contributed by atoms with Gasteiger partial charge in [-0.3, -0.25) is 19.1 Å². The Labute approximate surface area is 157 Å². The molecule has 0 bridgehead atoms. The number of aliphatic carboxylic acids is 1.